The third kappa shape index (κ3) is 59.3. The van der Waals surface area contributed by atoms with Crippen LogP contribution < -0.4 is 0 Å². The van der Waals surface area contributed by atoms with Crippen LogP contribution in [0.15, 0.2) is 85.1 Å². The number of carbonyl (C=O) groups excluding carboxylic acids is 3. The molecule has 12 heteroatoms. The van der Waals surface area contributed by atoms with Gasteiger partial charge in [0.25, 0.3) is 0 Å². The number of hydrogen-bond donors (Lipinski definition) is 2. The molecular weight excluding hydrogens is 1020 g/mol. The van der Waals surface area contributed by atoms with Crippen LogP contribution in [0.5, 0.6) is 0 Å². The summed E-state index contributed by atoms with van der Waals surface area (Å²) in [5.74, 6) is -1.56. The molecule has 0 aromatic carbocycles. The van der Waals surface area contributed by atoms with Crippen molar-refractivity contribution in [3.05, 3.63) is 85.1 Å². The van der Waals surface area contributed by atoms with Crippen LogP contribution in [0, 0.1) is 0 Å². The average molecular weight is 1140 g/mol. The molecule has 0 saturated heterocycles. The molecule has 0 bridgehead atoms. The number of hydrogen-bond acceptors (Lipinski definition) is 10. The average Bonchev–Trinajstić information content (AvgIpc) is 3.45. The summed E-state index contributed by atoms with van der Waals surface area (Å²) in [4.78, 5) is 48.7. The molecule has 3 atom stereocenters. The van der Waals surface area contributed by atoms with Crippen LogP contribution in [0.25, 0.3) is 0 Å². The highest BCUT2D eigenvalue weighted by Gasteiger charge is 2.28. The Morgan fingerprint density at radius 2 is 0.675 bits per heavy atom. The van der Waals surface area contributed by atoms with E-state index in [1.165, 1.54) is 135 Å². The van der Waals surface area contributed by atoms with Crippen LogP contribution >= 0.6 is 7.82 Å². The van der Waals surface area contributed by atoms with Gasteiger partial charge in [-0.1, -0.05) is 273 Å². The second-order valence-corrected chi connectivity index (χ2v) is 23.0. The molecule has 0 amide bonds. The van der Waals surface area contributed by atoms with Crippen molar-refractivity contribution in [3.63, 3.8) is 0 Å². The third-order valence-corrected chi connectivity index (χ3v) is 14.8. The fourth-order valence-corrected chi connectivity index (χ4v) is 9.69. The first-order valence-corrected chi connectivity index (χ1v) is 34.0. The van der Waals surface area contributed by atoms with Gasteiger partial charge in [0, 0.05) is 19.3 Å². The molecule has 462 valence electrons. The van der Waals surface area contributed by atoms with Gasteiger partial charge < -0.3 is 24.2 Å². The van der Waals surface area contributed by atoms with Crippen LogP contribution in [-0.4, -0.2) is 66.5 Å². The number of carbonyl (C=O) groups is 3. The van der Waals surface area contributed by atoms with Crippen LogP contribution in [0.1, 0.15) is 290 Å². The van der Waals surface area contributed by atoms with Crippen molar-refractivity contribution in [2.75, 3.05) is 26.4 Å². The molecule has 0 aliphatic heterocycles. The lowest BCUT2D eigenvalue weighted by molar-refractivity contribution is -0.161. The second kappa shape index (κ2) is 61.7. The van der Waals surface area contributed by atoms with Gasteiger partial charge in [-0.05, 0) is 83.5 Å². The van der Waals surface area contributed by atoms with Crippen molar-refractivity contribution in [2.45, 2.75) is 303 Å². The molecule has 11 nitrogen and oxygen atoms in total. The fourth-order valence-electron chi connectivity index (χ4n) is 8.91. The van der Waals surface area contributed by atoms with Crippen LogP contribution in [0.2, 0.25) is 0 Å². The van der Waals surface area contributed by atoms with Crippen LogP contribution in [0.4, 0.5) is 0 Å². The number of allylic oxidation sites excluding steroid dienone is 14. The van der Waals surface area contributed by atoms with Crippen molar-refractivity contribution in [3.8, 4) is 0 Å². The van der Waals surface area contributed by atoms with E-state index in [1.807, 2.05) is 12.2 Å². The molecule has 0 aromatic rings. The van der Waals surface area contributed by atoms with E-state index >= 15 is 0 Å². The highest BCUT2D eigenvalue weighted by Crippen LogP contribution is 2.43. The third-order valence-electron chi connectivity index (χ3n) is 13.8. The molecule has 0 spiro atoms. The Kier molecular flexibility index (Phi) is 59.1. The van der Waals surface area contributed by atoms with Crippen molar-refractivity contribution < 1.29 is 52.2 Å². The maximum atomic E-state index is 12.9. The first kappa shape index (κ1) is 76.7. The number of ether oxygens (including phenoxy) is 3. The molecule has 0 heterocycles. The van der Waals surface area contributed by atoms with Gasteiger partial charge in [0.15, 0.2) is 6.10 Å². The summed E-state index contributed by atoms with van der Waals surface area (Å²) >= 11 is 0. The lowest BCUT2D eigenvalue weighted by atomic mass is 10.0. The largest absolute Gasteiger partial charge is 0.472 e. The number of esters is 3. The Hall–Kier alpha value is -3.34. The highest BCUT2D eigenvalue weighted by molar-refractivity contribution is 7.47. The summed E-state index contributed by atoms with van der Waals surface area (Å²) < 4.78 is 39.6. The first-order valence-electron chi connectivity index (χ1n) is 32.5. The van der Waals surface area contributed by atoms with E-state index in [1.54, 1.807) is 0 Å². The Bertz CT molecular complexity index is 1670. The summed E-state index contributed by atoms with van der Waals surface area (Å²) in [6.07, 6.45) is 72.7. The number of phosphoric ester groups is 1. The zero-order valence-electron chi connectivity index (χ0n) is 51.3. The molecule has 0 radical (unpaired) electrons. The van der Waals surface area contributed by atoms with Gasteiger partial charge in [-0.25, -0.2) is 4.57 Å². The molecule has 0 aliphatic carbocycles. The molecule has 0 saturated carbocycles. The minimum absolute atomic E-state index is 0.0415. The van der Waals surface area contributed by atoms with Crippen molar-refractivity contribution >= 4 is 25.7 Å². The molecule has 3 unspecified atom stereocenters. The summed E-state index contributed by atoms with van der Waals surface area (Å²) in [5, 5.41) is 9.84. The Labute approximate surface area is 490 Å². The fraction of sp³-hybridized carbons (Fsp3) is 0.750. The van der Waals surface area contributed by atoms with E-state index in [0.29, 0.717) is 25.7 Å². The lowest BCUT2D eigenvalue weighted by Gasteiger charge is -2.21. The van der Waals surface area contributed by atoms with Gasteiger partial charge in [-0.2, -0.15) is 0 Å². The number of unbranched alkanes of at least 4 members (excludes halogenated alkanes) is 29. The summed E-state index contributed by atoms with van der Waals surface area (Å²) in [6, 6.07) is 0. The van der Waals surface area contributed by atoms with Crippen LogP contribution in [0.3, 0.4) is 0 Å². The summed E-state index contributed by atoms with van der Waals surface area (Å²) in [6.45, 7) is 4.48. The normalized spacial score (nSPS) is 13.8. The van der Waals surface area contributed by atoms with Gasteiger partial charge in [0.05, 0.1) is 19.8 Å². The van der Waals surface area contributed by atoms with Gasteiger partial charge in [-0.15, -0.1) is 0 Å². The van der Waals surface area contributed by atoms with Crippen molar-refractivity contribution in [2.24, 2.45) is 0 Å². The molecule has 0 fully saturated rings. The molecule has 80 heavy (non-hydrogen) atoms. The number of aliphatic hydroxyl groups is 1. The van der Waals surface area contributed by atoms with E-state index in [9.17, 15) is 28.9 Å². The minimum Gasteiger partial charge on any atom is -0.462 e. The lowest BCUT2D eigenvalue weighted by Crippen LogP contribution is -2.30. The number of aliphatic hydroxyl groups excluding tert-OH is 1. The smallest absolute Gasteiger partial charge is 0.462 e. The number of phosphoric acid groups is 1. The molecule has 0 aliphatic rings. The maximum absolute atomic E-state index is 12.9. The summed E-state index contributed by atoms with van der Waals surface area (Å²) in [5.41, 5.74) is 0. The van der Waals surface area contributed by atoms with Gasteiger partial charge >= 0.3 is 25.7 Å². The Morgan fingerprint density at radius 3 is 1.07 bits per heavy atom. The standard InChI is InChI=1S/C68H119O11P/c1-4-7-10-13-16-19-22-25-28-30-32-34-37-39-42-45-48-51-54-57-66(70)75-61-65(79-68(72)59-56-53-50-47-44-41-38-35-33-31-29-26-23-20-17-14-11-8-5-2)63-77-80(73,74)76-62-64(60-69)78-67(71)58-55-52-49-46-43-40-36-27-24-21-18-15-12-9-6-3/h8,11,17,20,26-27,29,33,35-36,41,44,50,53,64-65,69H,4-7,9-10,12-16,18-19,21-25,28,30-32,34,37-40,42-43,45-49,51-52,54-63H2,1-3H3,(H,73,74)/b11-8-,20-17-,29-26-,35-33-,36-27-,44-41-,53-50-. The van der Waals surface area contributed by atoms with E-state index in [2.05, 4.69) is 93.7 Å². The molecular formula is C68H119O11P. The Balaban J connectivity index is 4.79. The van der Waals surface area contributed by atoms with E-state index in [0.717, 1.165) is 89.9 Å². The second-order valence-electron chi connectivity index (χ2n) is 21.6. The Morgan fingerprint density at radius 1 is 0.362 bits per heavy atom. The van der Waals surface area contributed by atoms with E-state index in [-0.39, 0.29) is 25.9 Å². The summed E-state index contributed by atoms with van der Waals surface area (Å²) in [7, 11) is -4.78. The number of rotatable bonds is 60. The van der Waals surface area contributed by atoms with Gasteiger partial charge in [-0.3, -0.25) is 23.4 Å². The predicted molar refractivity (Wildman–Crippen MR) is 334 cm³/mol. The molecule has 0 aromatic heterocycles. The highest BCUT2D eigenvalue weighted by atomic mass is 31.2. The quantitative estimate of drug-likeness (QED) is 0.0197. The maximum Gasteiger partial charge on any atom is 0.472 e. The molecule has 0 rings (SSSR count). The van der Waals surface area contributed by atoms with Gasteiger partial charge in [0.1, 0.15) is 12.7 Å². The SMILES string of the molecule is CC/C=C\C/C=C\C/C=C\C/C=C\C/C=C\C/C=C\CCC(=O)OC(COC(=O)CCCCCCCCCCCCCCCCCCCCC)COP(=O)(O)OCC(CO)OC(=O)CCCCCCC/C=C\CCCCCCCC. The van der Waals surface area contributed by atoms with Crippen LogP contribution in [-0.2, 0) is 42.2 Å². The first-order chi connectivity index (χ1) is 39.2. The van der Waals surface area contributed by atoms with Crippen molar-refractivity contribution in [1.82, 2.24) is 0 Å². The van der Waals surface area contributed by atoms with E-state index in [4.69, 9.17) is 23.3 Å². The monoisotopic (exact) mass is 1140 g/mol. The zero-order chi connectivity index (χ0) is 58.3. The zero-order valence-corrected chi connectivity index (χ0v) is 52.2. The van der Waals surface area contributed by atoms with Crippen molar-refractivity contribution in [1.29, 1.82) is 0 Å². The topological polar surface area (TPSA) is 155 Å². The predicted octanol–water partition coefficient (Wildman–Crippen LogP) is 19.8. The minimum atomic E-state index is -4.78. The molecule has 2 N–H and O–H groups in total. The van der Waals surface area contributed by atoms with E-state index < -0.39 is 57.8 Å². The van der Waals surface area contributed by atoms with Gasteiger partial charge in [0.2, 0.25) is 0 Å².